The van der Waals surface area contributed by atoms with Crippen molar-refractivity contribution in [2.75, 3.05) is 13.7 Å². The number of alkyl carbamates (subject to hydrolysis) is 1. The molecule has 7 nitrogen and oxygen atoms in total. The molecule has 29 heavy (non-hydrogen) atoms. The highest BCUT2D eigenvalue weighted by atomic mass is 16.5. The van der Waals surface area contributed by atoms with Crippen molar-refractivity contribution >= 4 is 18.0 Å². The molecular formula is C22H24N2O5. The number of carbonyl (C=O) groups excluding carboxylic acids is 2. The van der Waals surface area contributed by atoms with Gasteiger partial charge in [-0.25, -0.2) is 9.59 Å². The fourth-order valence-electron chi connectivity index (χ4n) is 3.54. The quantitative estimate of drug-likeness (QED) is 0.783. The van der Waals surface area contributed by atoms with Crippen LogP contribution in [0.5, 0.6) is 0 Å². The number of amides is 2. The number of fused-ring (bicyclic) bond motifs is 3. The predicted molar refractivity (Wildman–Crippen MR) is 108 cm³/mol. The van der Waals surface area contributed by atoms with Crippen LogP contribution in [0.25, 0.3) is 11.1 Å². The van der Waals surface area contributed by atoms with E-state index in [4.69, 9.17) is 9.84 Å². The zero-order valence-corrected chi connectivity index (χ0v) is 16.6. The molecule has 2 aromatic rings. The number of hydrogen-bond acceptors (Lipinski definition) is 4. The second-order valence-electron chi connectivity index (χ2n) is 7.15. The highest BCUT2D eigenvalue weighted by Gasteiger charge is 2.30. The Kier molecular flexibility index (Phi) is 5.87. The number of aliphatic carboxylic acids is 1. The minimum absolute atomic E-state index is 0.0751. The molecule has 2 atom stereocenters. The molecule has 152 valence electrons. The Morgan fingerprint density at radius 3 is 2.07 bits per heavy atom. The summed E-state index contributed by atoms with van der Waals surface area (Å²) in [6, 6.07) is 14.1. The molecular weight excluding hydrogens is 372 g/mol. The van der Waals surface area contributed by atoms with Crippen molar-refractivity contribution in [3.05, 3.63) is 59.7 Å². The van der Waals surface area contributed by atoms with Crippen molar-refractivity contribution in [1.29, 1.82) is 0 Å². The standard InChI is InChI=1S/C22H24N2O5/c1-13(20(25)24(3)14(2)21(26)27)23-22(28)29-12-19-17-10-6-4-8-15(17)16-9-5-7-11-18(16)19/h4-11,13-14,19H,12H2,1-3H3,(H,23,28)(H,26,27). The Morgan fingerprint density at radius 2 is 1.55 bits per heavy atom. The van der Waals surface area contributed by atoms with Crippen LogP contribution in [0.15, 0.2) is 48.5 Å². The maximum Gasteiger partial charge on any atom is 0.407 e. The molecule has 0 saturated carbocycles. The molecule has 0 spiro atoms. The molecule has 2 N–H and O–H groups in total. The van der Waals surface area contributed by atoms with Gasteiger partial charge in [-0.05, 0) is 36.1 Å². The molecule has 0 aromatic heterocycles. The van der Waals surface area contributed by atoms with Crippen LogP contribution in [0.2, 0.25) is 0 Å². The van der Waals surface area contributed by atoms with E-state index in [0.29, 0.717) is 0 Å². The minimum atomic E-state index is -1.12. The molecule has 2 amide bonds. The fraction of sp³-hybridized carbons (Fsp3) is 0.318. The van der Waals surface area contributed by atoms with E-state index in [1.54, 1.807) is 0 Å². The molecule has 0 fully saturated rings. The summed E-state index contributed by atoms with van der Waals surface area (Å²) in [5, 5.41) is 11.5. The molecule has 2 unspecified atom stereocenters. The van der Waals surface area contributed by atoms with Gasteiger partial charge < -0.3 is 20.1 Å². The molecule has 0 bridgehead atoms. The number of rotatable bonds is 6. The van der Waals surface area contributed by atoms with Gasteiger partial charge in [0, 0.05) is 13.0 Å². The summed E-state index contributed by atoms with van der Waals surface area (Å²) in [6.45, 7) is 3.04. The molecule has 0 heterocycles. The second-order valence-corrected chi connectivity index (χ2v) is 7.15. The third-order valence-electron chi connectivity index (χ3n) is 5.33. The third-order valence-corrected chi connectivity index (χ3v) is 5.33. The first-order valence-electron chi connectivity index (χ1n) is 9.42. The van der Waals surface area contributed by atoms with Crippen LogP contribution in [-0.4, -0.2) is 53.7 Å². The van der Waals surface area contributed by atoms with E-state index >= 15 is 0 Å². The number of carbonyl (C=O) groups is 3. The molecule has 7 heteroatoms. The van der Waals surface area contributed by atoms with Crippen molar-refractivity contribution in [2.24, 2.45) is 0 Å². The summed E-state index contributed by atoms with van der Waals surface area (Å²) in [6.07, 6.45) is -0.718. The topological polar surface area (TPSA) is 95.9 Å². The SMILES string of the molecule is CC(NC(=O)OCC1c2ccccc2-c2ccccc21)C(=O)N(C)C(C)C(=O)O. The van der Waals surface area contributed by atoms with Gasteiger partial charge in [0.05, 0.1) is 0 Å². The summed E-state index contributed by atoms with van der Waals surface area (Å²) in [5.41, 5.74) is 4.45. The van der Waals surface area contributed by atoms with Gasteiger partial charge in [-0.2, -0.15) is 0 Å². The lowest BCUT2D eigenvalue weighted by Crippen LogP contribution is -2.50. The fourth-order valence-corrected chi connectivity index (χ4v) is 3.54. The molecule has 1 aliphatic rings. The van der Waals surface area contributed by atoms with E-state index < -0.39 is 30.1 Å². The van der Waals surface area contributed by atoms with Gasteiger partial charge in [-0.15, -0.1) is 0 Å². The van der Waals surface area contributed by atoms with Crippen LogP contribution in [0.1, 0.15) is 30.9 Å². The second kappa shape index (κ2) is 8.34. The van der Waals surface area contributed by atoms with Gasteiger partial charge in [0.15, 0.2) is 0 Å². The summed E-state index contributed by atoms with van der Waals surface area (Å²) in [4.78, 5) is 36.7. The Hall–Kier alpha value is -3.35. The van der Waals surface area contributed by atoms with E-state index in [9.17, 15) is 14.4 Å². The Balaban J connectivity index is 1.63. The normalized spacial score (nSPS) is 14.3. The number of nitrogens with zero attached hydrogens (tertiary/aromatic N) is 1. The smallest absolute Gasteiger partial charge is 0.407 e. The van der Waals surface area contributed by atoms with Crippen LogP contribution in [0.3, 0.4) is 0 Å². The van der Waals surface area contributed by atoms with Crippen LogP contribution in [0.4, 0.5) is 4.79 Å². The molecule has 1 aliphatic carbocycles. The van der Waals surface area contributed by atoms with E-state index in [-0.39, 0.29) is 12.5 Å². The number of carboxylic acids is 1. The molecule has 0 aliphatic heterocycles. The Morgan fingerprint density at radius 1 is 1.03 bits per heavy atom. The van der Waals surface area contributed by atoms with Gasteiger partial charge in [0.1, 0.15) is 18.7 Å². The van der Waals surface area contributed by atoms with Gasteiger partial charge >= 0.3 is 12.1 Å². The monoisotopic (exact) mass is 396 g/mol. The minimum Gasteiger partial charge on any atom is -0.480 e. The lowest BCUT2D eigenvalue weighted by molar-refractivity contribution is -0.148. The first kappa shape index (κ1) is 20.4. The molecule has 0 radical (unpaired) electrons. The van der Waals surface area contributed by atoms with Crippen LogP contribution in [0, 0.1) is 0 Å². The maximum atomic E-state index is 12.3. The number of hydrogen-bond donors (Lipinski definition) is 2. The largest absolute Gasteiger partial charge is 0.480 e. The summed E-state index contributed by atoms with van der Waals surface area (Å²) >= 11 is 0. The first-order valence-corrected chi connectivity index (χ1v) is 9.42. The van der Waals surface area contributed by atoms with Crippen molar-refractivity contribution in [2.45, 2.75) is 31.8 Å². The van der Waals surface area contributed by atoms with Crippen molar-refractivity contribution in [3.8, 4) is 11.1 Å². The van der Waals surface area contributed by atoms with Crippen molar-refractivity contribution < 1.29 is 24.2 Å². The van der Waals surface area contributed by atoms with E-state index in [1.807, 2.05) is 36.4 Å². The zero-order valence-electron chi connectivity index (χ0n) is 16.6. The first-order chi connectivity index (χ1) is 13.8. The summed E-state index contributed by atoms with van der Waals surface area (Å²) in [5.74, 6) is -1.70. The van der Waals surface area contributed by atoms with Crippen molar-refractivity contribution in [3.63, 3.8) is 0 Å². The van der Waals surface area contributed by atoms with Crippen LogP contribution < -0.4 is 5.32 Å². The lowest BCUT2D eigenvalue weighted by atomic mass is 9.98. The number of likely N-dealkylation sites (N-methyl/N-ethyl adjacent to an activating group) is 1. The van der Waals surface area contributed by atoms with E-state index in [1.165, 1.54) is 20.9 Å². The lowest BCUT2D eigenvalue weighted by Gasteiger charge is -2.25. The van der Waals surface area contributed by atoms with Gasteiger partial charge in [0.25, 0.3) is 0 Å². The van der Waals surface area contributed by atoms with Gasteiger partial charge in [-0.3, -0.25) is 4.79 Å². The predicted octanol–water partition coefficient (Wildman–Crippen LogP) is 2.85. The highest BCUT2D eigenvalue weighted by Crippen LogP contribution is 2.44. The number of ether oxygens (including phenoxy) is 1. The van der Waals surface area contributed by atoms with Gasteiger partial charge in [-0.1, -0.05) is 48.5 Å². The third kappa shape index (κ3) is 4.08. The number of carboxylic acid groups (broad SMARTS) is 1. The van der Waals surface area contributed by atoms with Gasteiger partial charge in [0.2, 0.25) is 5.91 Å². The number of nitrogens with one attached hydrogen (secondary N) is 1. The maximum absolute atomic E-state index is 12.3. The van der Waals surface area contributed by atoms with E-state index in [0.717, 1.165) is 27.2 Å². The number of benzene rings is 2. The summed E-state index contributed by atoms with van der Waals surface area (Å²) in [7, 11) is 1.39. The average Bonchev–Trinajstić information content (AvgIpc) is 3.04. The molecule has 2 aromatic carbocycles. The Bertz CT molecular complexity index is 897. The van der Waals surface area contributed by atoms with E-state index in [2.05, 4.69) is 17.4 Å². The Labute approximate surface area is 169 Å². The summed E-state index contributed by atoms with van der Waals surface area (Å²) < 4.78 is 5.41. The van der Waals surface area contributed by atoms with Crippen LogP contribution >= 0.6 is 0 Å². The average molecular weight is 396 g/mol. The molecule has 0 saturated heterocycles. The molecule has 3 rings (SSSR count). The highest BCUT2D eigenvalue weighted by molar-refractivity contribution is 5.88. The zero-order chi connectivity index (χ0) is 21.1. The van der Waals surface area contributed by atoms with Crippen molar-refractivity contribution in [1.82, 2.24) is 10.2 Å². The van der Waals surface area contributed by atoms with Crippen LogP contribution in [-0.2, 0) is 14.3 Å².